The Morgan fingerprint density at radius 3 is 2.69 bits per heavy atom. The predicted octanol–water partition coefficient (Wildman–Crippen LogP) is 2.88. The van der Waals surface area contributed by atoms with Gasteiger partial charge in [-0.25, -0.2) is 0 Å². The van der Waals surface area contributed by atoms with Crippen molar-refractivity contribution in [3.8, 4) is 5.75 Å². The third kappa shape index (κ3) is 2.53. The van der Waals surface area contributed by atoms with E-state index >= 15 is 0 Å². The lowest BCUT2D eigenvalue weighted by Crippen LogP contribution is -2.26. The van der Waals surface area contributed by atoms with Crippen molar-refractivity contribution in [2.45, 2.75) is 23.7 Å². The predicted molar refractivity (Wildman–Crippen MR) is 69.6 cm³/mol. The largest absolute Gasteiger partial charge is 0.496 e. The molecule has 0 saturated carbocycles. The second-order valence-corrected chi connectivity index (χ2v) is 4.99. The molecule has 0 amide bonds. The number of ether oxygens (including phenoxy) is 1. The molecule has 0 unspecified atom stereocenters. The zero-order valence-corrected chi connectivity index (χ0v) is 10.8. The van der Waals surface area contributed by atoms with E-state index in [9.17, 15) is 0 Å². The normalized spacial score (nSPS) is 17.4. The van der Waals surface area contributed by atoms with Crippen LogP contribution >= 0.6 is 11.8 Å². The van der Waals surface area contributed by atoms with E-state index in [0.29, 0.717) is 5.92 Å². The first-order valence-electron chi connectivity index (χ1n) is 5.78. The minimum atomic E-state index is 0.700. The first-order chi connectivity index (χ1) is 7.85. The molecule has 2 nitrogen and oxygen atoms in total. The fourth-order valence-electron chi connectivity index (χ4n) is 2.26. The third-order valence-electron chi connectivity index (χ3n) is 3.22. The summed E-state index contributed by atoms with van der Waals surface area (Å²) in [6, 6.07) is 6.65. The van der Waals surface area contributed by atoms with Crippen LogP contribution in [0.15, 0.2) is 23.1 Å². The number of piperidine rings is 1. The van der Waals surface area contributed by atoms with Crippen molar-refractivity contribution in [2.75, 3.05) is 26.5 Å². The van der Waals surface area contributed by atoms with Crippen LogP contribution in [-0.4, -0.2) is 26.5 Å². The Hall–Kier alpha value is -0.670. The molecule has 1 heterocycles. The minimum Gasteiger partial charge on any atom is -0.496 e. The van der Waals surface area contributed by atoms with Crippen LogP contribution in [0.3, 0.4) is 0 Å². The van der Waals surface area contributed by atoms with Gasteiger partial charge in [0, 0.05) is 4.90 Å². The highest BCUT2D eigenvalue weighted by Gasteiger charge is 2.16. The summed E-state index contributed by atoms with van der Waals surface area (Å²) < 4.78 is 5.43. The van der Waals surface area contributed by atoms with Crippen molar-refractivity contribution in [3.63, 3.8) is 0 Å². The molecule has 0 radical (unpaired) electrons. The summed E-state index contributed by atoms with van der Waals surface area (Å²) >= 11 is 1.74. The Kier molecular flexibility index (Phi) is 4.13. The van der Waals surface area contributed by atoms with Gasteiger partial charge in [-0.15, -0.1) is 11.8 Å². The zero-order valence-electron chi connectivity index (χ0n) is 9.95. The number of hydrogen-bond donors (Lipinski definition) is 1. The highest BCUT2D eigenvalue weighted by molar-refractivity contribution is 7.98. The van der Waals surface area contributed by atoms with Crippen molar-refractivity contribution in [1.82, 2.24) is 5.32 Å². The summed E-state index contributed by atoms with van der Waals surface area (Å²) in [5, 5.41) is 3.40. The van der Waals surface area contributed by atoms with Gasteiger partial charge in [-0.3, -0.25) is 0 Å². The summed E-state index contributed by atoms with van der Waals surface area (Å²) in [4.78, 5) is 1.22. The van der Waals surface area contributed by atoms with Crippen molar-refractivity contribution in [3.05, 3.63) is 23.8 Å². The fraction of sp³-hybridized carbons (Fsp3) is 0.538. The van der Waals surface area contributed by atoms with Gasteiger partial charge in [-0.05, 0) is 55.8 Å². The Bertz CT molecular complexity index is 348. The molecule has 1 aromatic carbocycles. The van der Waals surface area contributed by atoms with E-state index in [2.05, 4.69) is 29.8 Å². The topological polar surface area (TPSA) is 21.3 Å². The number of benzene rings is 1. The first-order valence-corrected chi connectivity index (χ1v) is 7.00. The molecule has 88 valence electrons. The van der Waals surface area contributed by atoms with Crippen molar-refractivity contribution in [1.29, 1.82) is 0 Å². The highest BCUT2D eigenvalue weighted by Crippen LogP contribution is 2.33. The molecule has 0 aromatic heterocycles. The van der Waals surface area contributed by atoms with E-state index < -0.39 is 0 Å². The van der Waals surface area contributed by atoms with Crippen LogP contribution in [0.25, 0.3) is 0 Å². The van der Waals surface area contributed by atoms with Gasteiger partial charge in [0.25, 0.3) is 0 Å². The average molecular weight is 237 g/mol. The molecule has 16 heavy (non-hydrogen) atoms. The van der Waals surface area contributed by atoms with Crippen molar-refractivity contribution < 1.29 is 4.74 Å². The fourth-order valence-corrected chi connectivity index (χ4v) is 2.81. The molecule has 1 aliphatic heterocycles. The molecule has 1 saturated heterocycles. The van der Waals surface area contributed by atoms with E-state index in [1.54, 1.807) is 18.9 Å². The monoisotopic (exact) mass is 237 g/mol. The maximum absolute atomic E-state index is 5.43. The lowest BCUT2D eigenvalue weighted by atomic mass is 9.90. The minimum absolute atomic E-state index is 0.700. The highest BCUT2D eigenvalue weighted by atomic mass is 32.2. The van der Waals surface area contributed by atoms with Gasteiger partial charge in [0.15, 0.2) is 0 Å². The molecule has 1 aliphatic rings. The van der Waals surface area contributed by atoms with Gasteiger partial charge in [0.1, 0.15) is 5.75 Å². The molecule has 0 spiro atoms. The van der Waals surface area contributed by atoms with Crippen molar-refractivity contribution >= 4 is 11.8 Å². The molecule has 2 rings (SSSR count). The smallest absolute Gasteiger partial charge is 0.132 e. The van der Waals surface area contributed by atoms with Gasteiger partial charge >= 0.3 is 0 Å². The number of methoxy groups -OCH3 is 1. The molecule has 1 aromatic rings. The lowest BCUT2D eigenvalue weighted by molar-refractivity contribution is 0.401. The standard InChI is InChI=1S/C13H19NOS/c1-15-12-9-11(3-4-13(12)16-2)10-5-7-14-8-6-10/h3-4,9-10,14H,5-8H2,1-2H3. The maximum atomic E-state index is 5.43. The van der Waals surface area contributed by atoms with Gasteiger partial charge in [0.05, 0.1) is 7.11 Å². The Balaban J connectivity index is 2.20. The number of rotatable bonds is 3. The van der Waals surface area contributed by atoms with E-state index in [-0.39, 0.29) is 0 Å². The molecule has 0 atom stereocenters. The lowest BCUT2D eigenvalue weighted by Gasteiger charge is -2.23. The summed E-state index contributed by atoms with van der Waals surface area (Å²) in [5.74, 6) is 1.72. The van der Waals surface area contributed by atoms with Gasteiger partial charge in [0.2, 0.25) is 0 Å². The summed E-state index contributed by atoms with van der Waals surface area (Å²) in [7, 11) is 1.75. The summed E-state index contributed by atoms with van der Waals surface area (Å²) in [5.41, 5.74) is 1.43. The Morgan fingerprint density at radius 2 is 2.06 bits per heavy atom. The van der Waals surface area contributed by atoms with Crippen LogP contribution in [0.5, 0.6) is 5.75 Å². The van der Waals surface area contributed by atoms with Crippen molar-refractivity contribution in [2.24, 2.45) is 0 Å². The van der Waals surface area contributed by atoms with Crippen LogP contribution in [0, 0.1) is 0 Å². The third-order valence-corrected chi connectivity index (χ3v) is 4.00. The van der Waals surface area contributed by atoms with Gasteiger partial charge < -0.3 is 10.1 Å². The Morgan fingerprint density at radius 1 is 1.31 bits per heavy atom. The van der Waals surface area contributed by atoms with E-state index in [4.69, 9.17) is 4.74 Å². The SMILES string of the molecule is COc1cc(C2CCNCC2)ccc1SC. The molecular weight excluding hydrogens is 218 g/mol. The Labute approximate surface area is 102 Å². The summed E-state index contributed by atoms with van der Waals surface area (Å²) in [6.07, 6.45) is 4.56. The number of thioether (sulfide) groups is 1. The van der Waals surface area contributed by atoms with Crippen LogP contribution in [0.1, 0.15) is 24.3 Å². The molecule has 0 aliphatic carbocycles. The maximum Gasteiger partial charge on any atom is 0.132 e. The van der Waals surface area contributed by atoms with Crippen LogP contribution < -0.4 is 10.1 Å². The quantitative estimate of drug-likeness (QED) is 0.817. The van der Waals surface area contributed by atoms with Crippen LogP contribution in [0.2, 0.25) is 0 Å². The zero-order chi connectivity index (χ0) is 11.4. The van der Waals surface area contributed by atoms with E-state index in [1.165, 1.54) is 23.3 Å². The van der Waals surface area contributed by atoms with Crippen LogP contribution in [0.4, 0.5) is 0 Å². The molecule has 3 heteroatoms. The van der Waals surface area contributed by atoms with E-state index in [0.717, 1.165) is 18.8 Å². The number of nitrogens with one attached hydrogen (secondary N) is 1. The van der Waals surface area contributed by atoms with E-state index in [1.807, 2.05) is 0 Å². The molecule has 1 N–H and O–H groups in total. The molecular formula is C13H19NOS. The molecule has 0 bridgehead atoms. The average Bonchev–Trinajstić information content (AvgIpc) is 2.39. The number of hydrogen-bond acceptors (Lipinski definition) is 3. The van der Waals surface area contributed by atoms with Crippen LogP contribution in [-0.2, 0) is 0 Å². The first kappa shape index (κ1) is 11.8. The second kappa shape index (κ2) is 5.60. The van der Waals surface area contributed by atoms with Gasteiger partial charge in [-0.1, -0.05) is 6.07 Å². The second-order valence-electron chi connectivity index (χ2n) is 4.14. The molecule has 1 fully saturated rings. The summed E-state index contributed by atoms with van der Waals surface area (Å²) in [6.45, 7) is 2.27. The van der Waals surface area contributed by atoms with Gasteiger partial charge in [-0.2, -0.15) is 0 Å².